The van der Waals surface area contributed by atoms with Crippen LogP contribution in [0.25, 0.3) is 0 Å². The SMILES string of the molecule is CN(C)C(=O)c1ccc(O[C@H]2C[C@@H](CC3CCN(C(=O)C(O)(c4cccc(OC5CC5)c4)C(F)(F)F)CC3)C2)cc1Cl. The van der Waals surface area contributed by atoms with E-state index >= 15 is 0 Å². The van der Waals surface area contributed by atoms with Crippen LogP contribution in [-0.2, 0) is 10.4 Å². The molecule has 1 unspecified atom stereocenters. The van der Waals surface area contributed by atoms with Gasteiger partial charge in [0, 0.05) is 32.7 Å². The highest BCUT2D eigenvalue weighted by Gasteiger charge is 2.62. The summed E-state index contributed by atoms with van der Waals surface area (Å²) in [6.07, 6.45) is 0.229. The van der Waals surface area contributed by atoms with Gasteiger partial charge >= 0.3 is 6.18 Å². The van der Waals surface area contributed by atoms with Gasteiger partial charge in [-0.1, -0.05) is 23.7 Å². The number of alkyl halides is 3. The van der Waals surface area contributed by atoms with E-state index in [1.54, 1.807) is 32.3 Å². The fourth-order valence-electron chi connectivity index (χ4n) is 5.79. The molecule has 0 spiro atoms. The average Bonchev–Trinajstić information content (AvgIpc) is 3.74. The maximum atomic E-state index is 14.2. The van der Waals surface area contributed by atoms with E-state index in [1.165, 1.54) is 17.0 Å². The second-order valence-corrected chi connectivity index (χ2v) is 12.4. The number of hydrogen-bond donors (Lipinski definition) is 1. The maximum Gasteiger partial charge on any atom is 0.430 e. The third-order valence-corrected chi connectivity index (χ3v) is 8.75. The van der Waals surface area contributed by atoms with Gasteiger partial charge in [0.05, 0.1) is 22.8 Å². The first-order valence-electron chi connectivity index (χ1n) is 14.4. The second-order valence-electron chi connectivity index (χ2n) is 11.9. The Morgan fingerprint density at radius 2 is 1.60 bits per heavy atom. The first-order valence-corrected chi connectivity index (χ1v) is 14.8. The molecule has 0 bridgehead atoms. The van der Waals surface area contributed by atoms with Crippen molar-refractivity contribution in [1.82, 2.24) is 9.80 Å². The molecule has 1 aliphatic heterocycles. The molecule has 42 heavy (non-hydrogen) atoms. The van der Waals surface area contributed by atoms with Gasteiger partial charge in [0.15, 0.2) is 0 Å². The second kappa shape index (κ2) is 12.0. The molecule has 2 aliphatic carbocycles. The molecule has 7 nitrogen and oxygen atoms in total. The van der Waals surface area contributed by atoms with E-state index in [-0.39, 0.29) is 42.9 Å². The van der Waals surface area contributed by atoms with Crippen LogP contribution in [0.4, 0.5) is 13.2 Å². The average molecular weight is 609 g/mol. The van der Waals surface area contributed by atoms with E-state index in [1.807, 2.05) is 0 Å². The van der Waals surface area contributed by atoms with Crippen molar-refractivity contribution in [3.8, 4) is 11.5 Å². The van der Waals surface area contributed by atoms with E-state index < -0.39 is 23.2 Å². The van der Waals surface area contributed by atoms with Gasteiger partial charge in [-0.2, -0.15) is 13.2 Å². The third-order valence-electron chi connectivity index (χ3n) is 8.44. The Labute approximate surface area is 248 Å². The summed E-state index contributed by atoms with van der Waals surface area (Å²) in [5.74, 6) is -0.00243. The number of carbonyl (C=O) groups is 2. The van der Waals surface area contributed by atoms with Crippen LogP contribution in [0.2, 0.25) is 5.02 Å². The molecular weight excluding hydrogens is 573 g/mol. The van der Waals surface area contributed by atoms with Crippen molar-refractivity contribution in [1.29, 1.82) is 0 Å². The summed E-state index contributed by atoms with van der Waals surface area (Å²) in [7, 11) is 3.32. The van der Waals surface area contributed by atoms with E-state index in [9.17, 15) is 27.9 Å². The number of rotatable bonds is 9. The van der Waals surface area contributed by atoms with Crippen molar-refractivity contribution in [2.75, 3.05) is 27.2 Å². The van der Waals surface area contributed by atoms with Crippen molar-refractivity contribution < 1.29 is 37.3 Å². The molecule has 0 aromatic heterocycles. The van der Waals surface area contributed by atoms with E-state index in [2.05, 4.69) is 0 Å². The minimum atomic E-state index is -5.19. The number of aliphatic hydroxyl groups is 1. The number of benzene rings is 2. The number of halogens is 4. The normalized spacial score (nSPS) is 22.6. The summed E-state index contributed by atoms with van der Waals surface area (Å²) in [6.45, 7) is 0.312. The van der Waals surface area contributed by atoms with Crippen LogP contribution in [0, 0.1) is 11.8 Å². The molecule has 2 aromatic carbocycles. The van der Waals surface area contributed by atoms with Gasteiger partial charge in [-0.25, -0.2) is 0 Å². The number of nitrogens with zero attached hydrogens (tertiary/aromatic N) is 2. The molecule has 11 heteroatoms. The number of likely N-dealkylation sites (tertiary alicyclic amines) is 1. The Hall–Kier alpha value is -2.98. The Balaban J connectivity index is 1.12. The third kappa shape index (κ3) is 6.49. The van der Waals surface area contributed by atoms with E-state index in [0.717, 1.165) is 49.1 Å². The summed E-state index contributed by atoms with van der Waals surface area (Å²) < 4.78 is 54.3. The minimum absolute atomic E-state index is 0.0310. The molecule has 5 rings (SSSR count). The Bertz CT molecular complexity index is 1300. The lowest BCUT2D eigenvalue weighted by Gasteiger charge is -2.41. The number of piperidine rings is 1. The molecule has 228 valence electrons. The topological polar surface area (TPSA) is 79.3 Å². The van der Waals surface area contributed by atoms with Gasteiger partial charge in [0.2, 0.25) is 0 Å². The predicted octanol–water partition coefficient (Wildman–Crippen LogP) is 5.82. The number of amides is 2. The van der Waals surface area contributed by atoms with Crippen molar-refractivity contribution in [2.24, 2.45) is 11.8 Å². The lowest BCUT2D eigenvalue weighted by molar-refractivity contribution is -0.262. The molecule has 1 atom stereocenters. The Morgan fingerprint density at radius 3 is 2.19 bits per heavy atom. The van der Waals surface area contributed by atoms with Gasteiger partial charge in [0.1, 0.15) is 11.5 Å². The molecule has 2 aromatic rings. The summed E-state index contributed by atoms with van der Waals surface area (Å²) >= 11 is 6.28. The molecule has 2 saturated carbocycles. The van der Waals surface area contributed by atoms with Gasteiger partial charge < -0.3 is 24.4 Å². The maximum absolute atomic E-state index is 14.2. The van der Waals surface area contributed by atoms with Crippen LogP contribution in [0.3, 0.4) is 0 Å². The Kier molecular flexibility index (Phi) is 8.67. The molecule has 1 heterocycles. The van der Waals surface area contributed by atoms with E-state index in [4.69, 9.17) is 21.1 Å². The van der Waals surface area contributed by atoms with Crippen LogP contribution in [0.1, 0.15) is 60.9 Å². The molecule has 1 saturated heterocycles. The van der Waals surface area contributed by atoms with E-state index in [0.29, 0.717) is 35.1 Å². The van der Waals surface area contributed by atoms with Gasteiger partial charge in [-0.05, 0) is 87.1 Å². The largest absolute Gasteiger partial charge is 0.490 e. The molecule has 3 aliphatic rings. The zero-order chi connectivity index (χ0) is 30.2. The fourth-order valence-corrected chi connectivity index (χ4v) is 6.04. The van der Waals surface area contributed by atoms with Crippen LogP contribution < -0.4 is 9.47 Å². The predicted molar refractivity (Wildman–Crippen MR) is 151 cm³/mol. The Morgan fingerprint density at radius 1 is 0.952 bits per heavy atom. The van der Waals surface area contributed by atoms with Gasteiger partial charge in [-0.15, -0.1) is 0 Å². The van der Waals surface area contributed by atoms with Gasteiger partial charge in [-0.3, -0.25) is 9.59 Å². The van der Waals surface area contributed by atoms with Crippen molar-refractivity contribution in [3.63, 3.8) is 0 Å². The lowest BCUT2D eigenvalue weighted by Crippen LogP contribution is -2.57. The summed E-state index contributed by atoms with van der Waals surface area (Å²) in [6, 6.07) is 10.2. The van der Waals surface area contributed by atoms with Crippen molar-refractivity contribution in [3.05, 3.63) is 58.6 Å². The lowest BCUT2D eigenvalue weighted by atomic mass is 9.74. The van der Waals surface area contributed by atoms with Crippen LogP contribution in [0.5, 0.6) is 11.5 Å². The highest BCUT2D eigenvalue weighted by Crippen LogP contribution is 2.43. The minimum Gasteiger partial charge on any atom is -0.490 e. The standard InChI is InChI=1S/C31H36ClF3N2O5/c1-36(2)28(38)26-9-8-24(18-27(26)32)42-25-15-20(16-25)14-19-10-12-37(13-11-19)29(39)30(40,31(33,34)35)21-4-3-5-23(17-21)41-22-6-7-22/h3-5,8-9,17-20,22,25,40H,6-7,10-16H2,1-2H3/t20-,25+,30?. The quantitative estimate of drug-likeness (QED) is 0.388. The molecular formula is C31H36ClF3N2O5. The first-order chi connectivity index (χ1) is 19.8. The summed E-state index contributed by atoms with van der Waals surface area (Å²) in [5.41, 5.74) is -3.75. The monoisotopic (exact) mass is 608 g/mol. The van der Waals surface area contributed by atoms with Crippen molar-refractivity contribution in [2.45, 2.75) is 68.9 Å². The summed E-state index contributed by atoms with van der Waals surface area (Å²) in [4.78, 5) is 28.0. The first kappa shape index (κ1) is 30.5. The number of carbonyl (C=O) groups excluding carboxylic acids is 2. The molecule has 1 N–H and O–H groups in total. The zero-order valence-electron chi connectivity index (χ0n) is 23.7. The zero-order valence-corrected chi connectivity index (χ0v) is 24.5. The van der Waals surface area contributed by atoms with Crippen LogP contribution >= 0.6 is 11.6 Å². The molecule has 2 amide bonds. The van der Waals surface area contributed by atoms with Crippen molar-refractivity contribution >= 4 is 23.4 Å². The number of hydrogen-bond acceptors (Lipinski definition) is 5. The molecule has 0 radical (unpaired) electrons. The fraction of sp³-hybridized carbons (Fsp3) is 0.548. The smallest absolute Gasteiger partial charge is 0.430 e. The highest BCUT2D eigenvalue weighted by molar-refractivity contribution is 6.34. The molecule has 3 fully saturated rings. The number of ether oxygens (including phenoxy) is 2. The van der Waals surface area contributed by atoms with Gasteiger partial charge in [0.25, 0.3) is 17.4 Å². The van der Waals surface area contributed by atoms with Crippen LogP contribution in [-0.4, -0.2) is 72.3 Å². The highest BCUT2D eigenvalue weighted by atomic mass is 35.5. The van der Waals surface area contributed by atoms with Crippen LogP contribution in [0.15, 0.2) is 42.5 Å². The summed E-state index contributed by atoms with van der Waals surface area (Å²) in [5, 5.41) is 11.2.